The van der Waals surface area contributed by atoms with Crippen LogP contribution in [0.2, 0.25) is 0 Å². The van der Waals surface area contributed by atoms with Gasteiger partial charge in [0, 0.05) is 33.3 Å². The minimum absolute atomic E-state index is 0.0816. The molecule has 0 amide bonds. The smallest absolute Gasteiger partial charge is 0.270 e. The summed E-state index contributed by atoms with van der Waals surface area (Å²) in [5.74, 6) is 0. The number of nitro benzene ring substituents is 1. The van der Waals surface area contributed by atoms with Crippen LogP contribution in [0.4, 0.5) is 11.4 Å². The van der Waals surface area contributed by atoms with Crippen molar-refractivity contribution in [3.8, 4) is 0 Å². The van der Waals surface area contributed by atoms with E-state index in [1.54, 1.807) is 6.07 Å². The largest absolute Gasteiger partial charge is 0.381 e. The van der Waals surface area contributed by atoms with Crippen molar-refractivity contribution in [1.29, 1.82) is 0 Å². The fraction of sp³-hybridized carbons (Fsp3) is 0.0769. The Balaban J connectivity index is 2.10. The molecule has 0 aliphatic rings. The number of anilines is 1. The quantitative estimate of drug-likeness (QED) is 0.611. The highest BCUT2D eigenvalue weighted by Crippen LogP contribution is 2.24. The highest BCUT2D eigenvalue weighted by Gasteiger charge is 2.08. The SMILES string of the molecule is O=[N+]([O-])c1ccc(CNc2cccc(Br)c2)c(Br)c1. The molecule has 0 saturated heterocycles. The zero-order valence-electron chi connectivity index (χ0n) is 9.77. The molecule has 0 aliphatic heterocycles. The number of nitro groups is 1. The van der Waals surface area contributed by atoms with Gasteiger partial charge in [-0.25, -0.2) is 0 Å². The van der Waals surface area contributed by atoms with Crippen LogP contribution in [0.15, 0.2) is 51.4 Å². The molecule has 0 saturated carbocycles. The average molecular weight is 386 g/mol. The van der Waals surface area contributed by atoms with Gasteiger partial charge in [-0.2, -0.15) is 0 Å². The van der Waals surface area contributed by atoms with Crippen LogP contribution in [-0.2, 0) is 6.54 Å². The molecule has 2 rings (SSSR count). The molecule has 6 heteroatoms. The number of nitrogens with one attached hydrogen (secondary N) is 1. The van der Waals surface area contributed by atoms with Gasteiger partial charge in [0.05, 0.1) is 4.92 Å². The fourth-order valence-corrected chi connectivity index (χ4v) is 2.50. The summed E-state index contributed by atoms with van der Waals surface area (Å²) in [6.45, 7) is 0.592. The van der Waals surface area contributed by atoms with Crippen molar-refractivity contribution in [3.63, 3.8) is 0 Å². The van der Waals surface area contributed by atoms with Crippen molar-refractivity contribution in [1.82, 2.24) is 0 Å². The van der Waals surface area contributed by atoms with Crippen LogP contribution in [0.5, 0.6) is 0 Å². The van der Waals surface area contributed by atoms with Gasteiger partial charge >= 0.3 is 0 Å². The predicted octanol–water partition coefficient (Wildman–Crippen LogP) is 4.73. The lowest BCUT2D eigenvalue weighted by Gasteiger charge is -2.08. The van der Waals surface area contributed by atoms with E-state index in [1.807, 2.05) is 24.3 Å². The Morgan fingerprint density at radius 1 is 1.16 bits per heavy atom. The van der Waals surface area contributed by atoms with E-state index in [9.17, 15) is 10.1 Å². The van der Waals surface area contributed by atoms with Crippen LogP contribution in [0.1, 0.15) is 5.56 Å². The van der Waals surface area contributed by atoms with Gasteiger partial charge in [-0.15, -0.1) is 0 Å². The molecule has 0 radical (unpaired) electrons. The van der Waals surface area contributed by atoms with Crippen LogP contribution in [-0.4, -0.2) is 4.92 Å². The monoisotopic (exact) mass is 384 g/mol. The number of benzene rings is 2. The van der Waals surface area contributed by atoms with Gasteiger partial charge < -0.3 is 5.32 Å². The van der Waals surface area contributed by atoms with Gasteiger partial charge in [0.2, 0.25) is 0 Å². The summed E-state index contributed by atoms with van der Waals surface area (Å²) >= 11 is 6.75. The lowest BCUT2D eigenvalue weighted by molar-refractivity contribution is -0.384. The summed E-state index contributed by atoms with van der Waals surface area (Å²) in [7, 11) is 0. The van der Waals surface area contributed by atoms with Gasteiger partial charge in [-0.1, -0.05) is 37.9 Å². The van der Waals surface area contributed by atoms with E-state index in [1.165, 1.54) is 12.1 Å². The molecule has 0 unspecified atom stereocenters. The lowest BCUT2D eigenvalue weighted by atomic mass is 10.2. The van der Waals surface area contributed by atoms with Crippen molar-refractivity contribution < 1.29 is 4.92 Å². The minimum atomic E-state index is -0.406. The molecule has 0 aliphatic carbocycles. The van der Waals surface area contributed by atoms with Crippen LogP contribution in [0, 0.1) is 10.1 Å². The second-order valence-corrected chi connectivity index (χ2v) is 5.67. The molecule has 2 aromatic carbocycles. The summed E-state index contributed by atoms with van der Waals surface area (Å²) in [5.41, 5.74) is 2.03. The van der Waals surface area contributed by atoms with E-state index in [2.05, 4.69) is 37.2 Å². The van der Waals surface area contributed by atoms with Gasteiger partial charge in [-0.3, -0.25) is 10.1 Å². The maximum absolute atomic E-state index is 10.6. The first kappa shape index (κ1) is 14.0. The molecule has 0 bridgehead atoms. The second kappa shape index (κ2) is 6.16. The van der Waals surface area contributed by atoms with E-state index in [4.69, 9.17) is 0 Å². The molecule has 98 valence electrons. The number of hydrogen-bond acceptors (Lipinski definition) is 3. The summed E-state index contributed by atoms with van der Waals surface area (Å²) in [5, 5.41) is 13.9. The topological polar surface area (TPSA) is 55.2 Å². The van der Waals surface area contributed by atoms with Crippen molar-refractivity contribution in [3.05, 3.63) is 67.1 Å². The molecule has 19 heavy (non-hydrogen) atoms. The van der Waals surface area contributed by atoms with Crippen molar-refractivity contribution in [2.24, 2.45) is 0 Å². The predicted molar refractivity (Wildman–Crippen MR) is 82.3 cm³/mol. The number of rotatable bonds is 4. The highest BCUT2D eigenvalue weighted by atomic mass is 79.9. The van der Waals surface area contributed by atoms with Gasteiger partial charge in [-0.05, 0) is 29.8 Å². The zero-order chi connectivity index (χ0) is 13.8. The maximum atomic E-state index is 10.6. The van der Waals surface area contributed by atoms with Crippen LogP contribution >= 0.6 is 31.9 Å². The standard InChI is InChI=1S/C13H10Br2N2O2/c14-10-2-1-3-11(6-10)16-8-9-4-5-12(17(18)19)7-13(9)15/h1-7,16H,8H2. The van der Waals surface area contributed by atoms with Crippen LogP contribution < -0.4 is 5.32 Å². The summed E-state index contributed by atoms with van der Waals surface area (Å²) in [4.78, 5) is 10.2. The van der Waals surface area contributed by atoms with E-state index >= 15 is 0 Å². The first-order valence-corrected chi connectivity index (χ1v) is 7.07. The van der Waals surface area contributed by atoms with Crippen LogP contribution in [0.25, 0.3) is 0 Å². The number of halogens is 2. The second-order valence-electron chi connectivity index (χ2n) is 3.90. The molecule has 0 atom stereocenters. The van der Waals surface area contributed by atoms with Gasteiger partial charge in [0.1, 0.15) is 0 Å². The van der Waals surface area contributed by atoms with Crippen molar-refractivity contribution in [2.45, 2.75) is 6.54 Å². The third-order valence-electron chi connectivity index (χ3n) is 2.56. The fourth-order valence-electron chi connectivity index (χ4n) is 1.59. The summed E-state index contributed by atoms with van der Waals surface area (Å²) < 4.78 is 1.73. The third-order valence-corrected chi connectivity index (χ3v) is 3.79. The maximum Gasteiger partial charge on any atom is 0.270 e. The molecular formula is C13H10Br2N2O2. The molecule has 1 N–H and O–H groups in total. The van der Waals surface area contributed by atoms with Crippen molar-refractivity contribution in [2.75, 3.05) is 5.32 Å². The Morgan fingerprint density at radius 2 is 1.95 bits per heavy atom. The highest BCUT2D eigenvalue weighted by molar-refractivity contribution is 9.10. The van der Waals surface area contributed by atoms with Crippen LogP contribution in [0.3, 0.4) is 0 Å². The molecule has 0 aromatic heterocycles. The molecule has 0 spiro atoms. The molecule has 2 aromatic rings. The van der Waals surface area contributed by atoms with E-state index < -0.39 is 4.92 Å². The number of non-ortho nitro benzene ring substituents is 1. The summed E-state index contributed by atoms with van der Waals surface area (Å²) in [6, 6.07) is 12.6. The van der Waals surface area contributed by atoms with Gasteiger partial charge in [0.15, 0.2) is 0 Å². The average Bonchev–Trinajstić information content (AvgIpc) is 2.37. The molecule has 0 fully saturated rings. The Hall–Kier alpha value is -1.40. The molecular weight excluding hydrogens is 376 g/mol. The number of nitrogens with zero attached hydrogens (tertiary/aromatic N) is 1. The van der Waals surface area contributed by atoms with E-state index in [-0.39, 0.29) is 5.69 Å². The first-order chi connectivity index (χ1) is 9.06. The third kappa shape index (κ3) is 3.78. The van der Waals surface area contributed by atoms with Crippen molar-refractivity contribution >= 4 is 43.2 Å². The summed E-state index contributed by atoms with van der Waals surface area (Å²) in [6.07, 6.45) is 0. The van der Waals surface area contributed by atoms with Gasteiger partial charge in [0.25, 0.3) is 5.69 Å². The molecule has 4 nitrogen and oxygen atoms in total. The Bertz CT molecular complexity index is 617. The van der Waals surface area contributed by atoms with E-state index in [0.29, 0.717) is 6.54 Å². The Morgan fingerprint density at radius 3 is 2.58 bits per heavy atom. The Kier molecular flexibility index (Phi) is 4.55. The zero-order valence-corrected chi connectivity index (χ0v) is 12.9. The molecule has 0 heterocycles. The first-order valence-electron chi connectivity index (χ1n) is 5.48. The minimum Gasteiger partial charge on any atom is -0.381 e. The number of hydrogen-bond donors (Lipinski definition) is 1. The Labute approximate surface area is 127 Å². The lowest BCUT2D eigenvalue weighted by Crippen LogP contribution is -2.00. The van der Waals surface area contributed by atoms with E-state index in [0.717, 1.165) is 20.2 Å². The normalized spacial score (nSPS) is 10.2.